The van der Waals surface area contributed by atoms with Crippen LogP contribution in [0.15, 0.2) is 36.9 Å². The molecule has 2 rings (SSSR count). The number of aliphatic carboxylic acids is 1. The average Bonchev–Trinajstić information content (AvgIpc) is 3.35. The predicted octanol–water partition coefficient (Wildman–Crippen LogP) is 2.13. The Morgan fingerprint density at radius 3 is 2.36 bits per heavy atom. The van der Waals surface area contributed by atoms with Gasteiger partial charge in [0.2, 0.25) is 5.60 Å². The van der Waals surface area contributed by atoms with Gasteiger partial charge in [0.05, 0.1) is 20.3 Å². The standard InChI is InChI=1S/C10H10O4.C6H10O2/c1-13-8-4-2-7(3-5-8)10(6-14-10)9(11)12;1-3-5-8-6(7)4-2/h2-5H,6H2,1H3,(H,11,12);4H,2-3,5H2,1H3. The Bertz CT molecular complexity index is 516. The summed E-state index contributed by atoms with van der Waals surface area (Å²) in [5.74, 6) is -0.579. The van der Waals surface area contributed by atoms with Crippen molar-refractivity contribution in [3.05, 3.63) is 42.5 Å². The van der Waals surface area contributed by atoms with Crippen LogP contribution in [-0.2, 0) is 24.7 Å². The number of methoxy groups -OCH3 is 1. The van der Waals surface area contributed by atoms with Crippen LogP contribution in [0.4, 0.5) is 0 Å². The van der Waals surface area contributed by atoms with Crippen LogP contribution in [0, 0.1) is 0 Å². The third-order valence-corrected chi connectivity index (χ3v) is 2.95. The van der Waals surface area contributed by atoms with Crippen LogP contribution in [0.2, 0.25) is 0 Å². The Labute approximate surface area is 129 Å². The van der Waals surface area contributed by atoms with E-state index in [-0.39, 0.29) is 12.6 Å². The van der Waals surface area contributed by atoms with Crippen LogP contribution in [0.5, 0.6) is 5.75 Å². The molecule has 1 aromatic rings. The molecule has 0 amide bonds. The van der Waals surface area contributed by atoms with Gasteiger partial charge in [0.1, 0.15) is 5.75 Å². The van der Waals surface area contributed by atoms with Crippen LogP contribution in [0.25, 0.3) is 0 Å². The molecule has 1 atom stereocenters. The molecular formula is C16H20O6. The summed E-state index contributed by atoms with van der Waals surface area (Å²) < 4.78 is 14.5. The SMILES string of the molecule is C=CC(=O)OCCC.COc1ccc(C2(C(=O)O)CO2)cc1. The lowest BCUT2D eigenvalue weighted by atomic mass is 10.0. The summed E-state index contributed by atoms with van der Waals surface area (Å²) >= 11 is 0. The number of carboxylic acid groups (broad SMARTS) is 1. The molecule has 0 radical (unpaired) electrons. The van der Waals surface area contributed by atoms with E-state index in [1.54, 1.807) is 31.4 Å². The second kappa shape index (κ2) is 8.19. The lowest BCUT2D eigenvalue weighted by Gasteiger charge is -2.07. The number of epoxide rings is 1. The number of benzene rings is 1. The smallest absolute Gasteiger partial charge is 0.343 e. The van der Waals surface area contributed by atoms with Gasteiger partial charge in [-0.1, -0.05) is 25.6 Å². The second-order valence-electron chi connectivity index (χ2n) is 4.52. The van der Waals surface area contributed by atoms with Crippen molar-refractivity contribution in [1.29, 1.82) is 0 Å². The minimum atomic E-state index is -1.10. The van der Waals surface area contributed by atoms with Crippen molar-refractivity contribution < 1.29 is 28.9 Å². The summed E-state index contributed by atoms with van der Waals surface area (Å²) in [5.41, 5.74) is -0.447. The van der Waals surface area contributed by atoms with E-state index in [4.69, 9.17) is 14.6 Å². The zero-order chi connectivity index (χ0) is 16.6. The maximum absolute atomic E-state index is 10.9. The van der Waals surface area contributed by atoms with E-state index in [0.29, 0.717) is 17.9 Å². The van der Waals surface area contributed by atoms with Gasteiger partial charge in [-0.15, -0.1) is 0 Å². The van der Waals surface area contributed by atoms with Gasteiger partial charge in [0.15, 0.2) is 0 Å². The number of ether oxygens (including phenoxy) is 3. The third-order valence-electron chi connectivity index (χ3n) is 2.95. The lowest BCUT2D eigenvalue weighted by Crippen LogP contribution is -2.21. The zero-order valence-corrected chi connectivity index (χ0v) is 12.7. The first-order valence-corrected chi connectivity index (χ1v) is 6.81. The Morgan fingerprint density at radius 1 is 1.41 bits per heavy atom. The number of hydrogen-bond donors (Lipinski definition) is 1. The predicted molar refractivity (Wildman–Crippen MR) is 79.7 cm³/mol. The van der Waals surface area contributed by atoms with E-state index >= 15 is 0 Å². The van der Waals surface area contributed by atoms with Gasteiger partial charge in [-0.2, -0.15) is 0 Å². The molecule has 0 spiro atoms. The molecule has 6 nitrogen and oxygen atoms in total. The number of carbonyl (C=O) groups excluding carboxylic acids is 1. The lowest BCUT2D eigenvalue weighted by molar-refractivity contribution is -0.143. The van der Waals surface area contributed by atoms with Crippen LogP contribution in [0.3, 0.4) is 0 Å². The second-order valence-corrected chi connectivity index (χ2v) is 4.52. The summed E-state index contributed by atoms with van der Waals surface area (Å²) in [6, 6.07) is 6.86. The van der Waals surface area contributed by atoms with E-state index in [2.05, 4.69) is 11.3 Å². The molecule has 1 heterocycles. The number of carboxylic acids is 1. The van der Waals surface area contributed by atoms with Crippen molar-refractivity contribution in [3.63, 3.8) is 0 Å². The minimum Gasteiger partial charge on any atom is -0.497 e. The van der Waals surface area contributed by atoms with E-state index in [1.165, 1.54) is 0 Å². The van der Waals surface area contributed by atoms with Crippen molar-refractivity contribution >= 4 is 11.9 Å². The Morgan fingerprint density at radius 2 is 2.00 bits per heavy atom. The average molecular weight is 308 g/mol. The molecule has 1 aliphatic rings. The molecule has 1 fully saturated rings. The molecule has 0 saturated carbocycles. The van der Waals surface area contributed by atoms with Gasteiger partial charge in [-0.25, -0.2) is 9.59 Å². The summed E-state index contributed by atoms with van der Waals surface area (Å²) in [7, 11) is 1.57. The van der Waals surface area contributed by atoms with Crippen molar-refractivity contribution in [3.8, 4) is 5.75 Å². The quantitative estimate of drug-likeness (QED) is 0.492. The topological polar surface area (TPSA) is 85.4 Å². The molecule has 1 saturated heterocycles. The van der Waals surface area contributed by atoms with Gasteiger partial charge < -0.3 is 19.3 Å². The van der Waals surface area contributed by atoms with Crippen molar-refractivity contribution in [2.75, 3.05) is 20.3 Å². The van der Waals surface area contributed by atoms with Crippen molar-refractivity contribution in [2.45, 2.75) is 18.9 Å². The molecule has 1 aromatic carbocycles. The molecule has 22 heavy (non-hydrogen) atoms. The zero-order valence-electron chi connectivity index (χ0n) is 12.7. The highest BCUT2D eigenvalue weighted by molar-refractivity contribution is 5.82. The van der Waals surface area contributed by atoms with Gasteiger partial charge in [-0.3, -0.25) is 0 Å². The van der Waals surface area contributed by atoms with Gasteiger partial charge in [-0.05, 0) is 24.1 Å². The maximum atomic E-state index is 10.9. The van der Waals surface area contributed by atoms with Crippen LogP contribution < -0.4 is 4.74 Å². The molecule has 0 aromatic heterocycles. The highest BCUT2D eigenvalue weighted by Crippen LogP contribution is 2.39. The van der Waals surface area contributed by atoms with E-state index < -0.39 is 11.6 Å². The monoisotopic (exact) mass is 308 g/mol. The molecule has 1 N–H and O–H groups in total. The first kappa shape index (κ1) is 17.7. The fraction of sp³-hybridized carbons (Fsp3) is 0.375. The Balaban J connectivity index is 0.000000261. The minimum absolute atomic E-state index is 0.245. The number of esters is 1. The summed E-state index contributed by atoms with van der Waals surface area (Å²) in [6.45, 7) is 5.92. The van der Waals surface area contributed by atoms with Crippen LogP contribution in [0.1, 0.15) is 18.9 Å². The van der Waals surface area contributed by atoms with Crippen LogP contribution in [-0.4, -0.2) is 37.4 Å². The molecule has 6 heteroatoms. The van der Waals surface area contributed by atoms with Crippen molar-refractivity contribution in [1.82, 2.24) is 0 Å². The first-order chi connectivity index (χ1) is 10.5. The number of rotatable bonds is 6. The van der Waals surface area contributed by atoms with Crippen molar-refractivity contribution in [2.24, 2.45) is 0 Å². The number of hydrogen-bond acceptors (Lipinski definition) is 5. The van der Waals surface area contributed by atoms with Gasteiger partial charge in [0, 0.05) is 6.08 Å². The highest BCUT2D eigenvalue weighted by atomic mass is 16.6. The highest BCUT2D eigenvalue weighted by Gasteiger charge is 2.54. The first-order valence-electron chi connectivity index (χ1n) is 6.81. The van der Waals surface area contributed by atoms with Crippen LogP contribution >= 0.6 is 0 Å². The number of carbonyl (C=O) groups is 2. The molecule has 0 aliphatic carbocycles. The largest absolute Gasteiger partial charge is 0.497 e. The Kier molecular flexibility index (Phi) is 6.59. The van der Waals surface area contributed by atoms with E-state index in [1.807, 2.05) is 6.92 Å². The summed E-state index contributed by atoms with van der Waals surface area (Å²) in [5, 5.41) is 8.93. The molecule has 1 unspecified atom stereocenters. The van der Waals surface area contributed by atoms with Gasteiger partial charge >= 0.3 is 11.9 Å². The summed E-state index contributed by atoms with van der Waals surface area (Å²) in [6.07, 6.45) is 2.02. The molecule has 1 aliphatic heterocycles. The van der Waals surface area contributed by atoms with E-state index in [0.717, 1.165) is 12.5 Å². The fourth-order valence-electron chi connectivity index (χ4n) is 1.61. The van der Waals surface area contributed by atoms with E-state index in [9.17, 15) is 9.59 Å². The van der Waals surface area contributed by atoms with Gasteiger partial charge in [0.25, 0.3) is 0 Å². The maximum Gasteiger partial charge on any atom is 0.343 e. The molecule has 120 valence electrons. The third kappa shape index (κ3) is 4.60. The summed E-state index contributed by atoms with van der Waals surface area (Å²) in [4.78, 5) is 21.1. The normalized spacial score (nSPS) is 18.5. The molecule has 0 bridgehead atoms. The Hall–Kier alpha value is -2.34. The fourth-order valence-corrected chi connectivity index (χ4v) is 1.61. The molecular weight excluding hydrogens is 288 g/mol.